The molecule has 0 saturated heterocycles. The second-order valence-electron chi connectivity index (χ2n) is 4.33. The molecule has 3 aromatic rings. The van der Waals surface area contributed by atoms with Gasteiger partial charge in [-0.2, -0.15) is 0 Å². The quantitative estimate of drug-likeness (QED) is 0.755. The first-order valence-electron chi connectivity index (χ1n) is 5.84. The molecule has 3 N–H and O–H groups in total. The monoisotopic (exact) mass is 306 g/mol. The average Bonchev–Trinajstić information content (AvgIpc) is 2.92. The first-order chi connectivity index (χ1) is 9.99. The second-order valence-corrected chi connectivity index (χ2v) is 4.71. The van der Waals surface area contributed by atoms with Gasteiger partial charge in [-0.3, -0.25) is 0 Å². The van der Waals surface area contributed by atoms with Crippen molar-refractivity contribution in [3.05, 3.63) is 47.1 Å². The maximum absolute atomic E-state index is 14.2. The van der Waals surface area contributed by atoms with E-state index in [0.29, 0.717) is 11.1 Å². The molecule has 0 spiro atoms. The Kier molecular flexibility index (Phi) is 3.03. The van der Waals surface area contributed by atoms with E-state index in [1.807, 2.05) is 0 Å². The molecule has 0 unspecified atom stereocenters. The van der Waals surface area contributed by atoms with Gasteiger partial charge in [-0.05, 0) is 12.1 Å². The van der Waals surface area contributed by atoms with Gasteiger partial charge in [0, 0.05) is 10.9 Å². The summed E-state index contributed by atoms with van der Waals surface area (Å²) in [5.41, 5.74) is 5.26. The molecular weight excluding hydrogens is 299 g/mol. The number of carboxylic acid groups (broad SMARTS) is 1. The third-order valence-electron chi connectivity index (χ3n) is 3.04. The molecule has 0 fully saturated rings. The molecule has 0 saturated carbocycles. The molecule has 2 heterocycles. The van der Waals surface area contributed by atoms with Crippen molar-refractivity contribution in [1.82, 2.24) is 4.98 Å². The predicted molar refractivity (Wildman–Crippen MR) is 75.8 cm³/mol. The maximum atomic E-state index is 14.2. The van der Waals surface area contributed by atoms with Crippen molar-refractivity contribution < 1.29 is 18.7 Å². The Morgan fingerprint density at radius 2 is 2.14 bits per heavy atom. The van der Waals surface area contributed by atoms with Crippen molar-refractivity contribution in [2.24, 2.45) is 0 Å². The number of benzene rings is 1. The Bertz CT molecular complexity index is 876. The summed E-state index contributed by atoms with van der Waals surface area (Å²) in [7, 11) is 0. The van der Waals surface area contributed by atoms with E-state index >= 15 is 0 Å². The molecule has 0 atom stereocenters. The van der Waals surface area contributed by atoms with Gasteiger partial charge in [0.05, 0.1) is 17.0 Å². The van der Waals surface area contributed by atoms with Gasteiger partial charge in [0.25, 0.3) is 0 Å². The largest absolute Gasteiger partial charge is 0.476 e. The fourth-order valence-electron chi connectivity index (χ4n) is 2.00. The van der Waals surface area contributed by atoms with E-state index in [0.717, 1.165) is 5.39 Å². The number of nitrogens with two attached hydrogens (primary N) is 1. The lowest BCUT2D eigenvalue weighted by Crippen LogP contribution is -2.08. The number of rotatable bonds is 2. The zero-order chi connectivity index (χ0) is 15.1. The van der Waals surface area contributed by atoms with E-state index in [4.69, 9.17) is 26.9 Å². The topological polar surface area (TPSA) is 89.4 Å². The fraction of sp³-hybridized carbons (Fsp3) is 0. The first kappa shape index (κ1) is 13.4. The van der Waals surface area contributed by atoms with Crippen LogP contribution < -0.4 is 5.73 Å². The van der Waals surface area contributed by atoms with E-state index in [2.05, 4.69) is 4.98 Å². The van der Waals surface area contributed by atoms with Crippen molar-refractivity contribution in [3.63, 3.8) is 0 Å². The van der Waals surface area contributed by atoms with E-state index < -0.39 is 28.2 Å². The lowest BCUT2D eigenvalue weighted by molar-refractivity contribution is 0.0691. The number of nitrogen functional groups attached to an aromatic ring is 1. The summed E-state index contributed by atoms with van der Waals surface area (Å²) in [4.78, 5) is 14.9. The molecule has 2 aromatic heterocycles. The van der Waals surface area contributed by atoms with Crippen LogP contribution in [-0.4, -0.2) is 16.1 Å². The molecule has 3 rings (SSSR count). The summed E-state index contributed by atoms with van der Waals surface area (Å²) >= 11 is 5.70. The van der Waals surface area contributed by atoms with E-state index in [1.54, 1.807) is 24.3 Å². The van der Waals surface area contributed by atoms with Crippen LogP contribution in [0.15, 0.2) is 34.9 Å². The zero-order valence-corrected chi connectivity index (χ0v) is 11.2. The summed E-state index contributed by atoms with van der Waals surface area (Å²) in [6, 6.07) is 6.62. The van der Waals surface area contributed by atoms with E-state index in [-0.39, 0.29) is 5.69 Å². The van der Waals surface area contributed by atoms with Gasteiger partial charge in [0.1, 0.15) is 11.3 Å². The Morgan fingerprint density at radius 1 is 1.38 bits per heavy atom. The Morgan fingerprint density at radius 3 is 2.86 bits per heavy atom. The van der Waals surface area contributed by atoms with Crippen LogP contribution in [0.25, 0.3) is 22.2 Å². The van der Waals surface area contributed by atoms with Gasteiger partial charge in [0.2, 0.25) is 0 Å². The fourth-order valence-corrected chi connectivity index (χ4v) is 2.20. The first-order valence-corrected chi connectivity index (χ1v) is 6.22. The highest BCUT2D eigenvalue weighted by atomic mass is 35.5. The number of carbonyl (C=O) groups is 1. The standard InChI is InChI=1S/C14H8ClFN2O3/c15-9-11(17)10(16)12(18-13(9)14(19)20)7-2-1-6-3-4-21-8(6)5-7/h1-5H,(H2,17,18)(H,19,20). The van der Waals surface area contributed by atoms with Gasteiger partial charge in [-0.1, -0.05) is 23.7 Å². The molecule has 0 aliphatic rings. The average molecular weight is 307 g/mol. The summed E-state index contributed by atoms with van der Waals surface area (Å²) in [5.74, 6) is -2.25. The summed E-state index contributed by atoms with van der Waals surface area (Å²) < 4.78 is 19.4. The normalized spacial score (nSPS) is 11.0. The van der Waals surface area contributed by atoms with Crippen molar-refractivity contribution >= 4 is 34.2 Å². The van der Waals surface area contributed by atoms with Crippen LogP contribution in [0.4, 0.5) is 10.1 Å². The molecule has 5 nitrogen and oxygen atoms in total. The minimum atomic E-state index is -1.38. The number of aromatic nitrogens is 1. The van der Waals surface area contributed by atoms with E-state index in [1.165, 1.54) is 6.26 Å². The lowest BCUT2D eigenvalue weighted by Gasteiger charge is -2.09. The molecule has 0 aliphatic heterocycles. The van der Waals surface area contributed by atoms with Crippen LogP contribution in [0.5, 0.6) is 0 Å². The van der Waals surface area contributed by atoms with Crippen molar-refractivity contribution in [2.45, 2.75) is 0 Å². The van der Waals surface area contributed by atoms with Crippen molar-refractivity contribution in [2.75, 3.05) is 5.73 Å². The van der Waals surface area contributed by atoms with Gasteiger partial charge in [-0.25, -0.2) is 14.2 Å². The van der Waals surface area contributed by atoms with Crippen LogP contribution in [-0.2, 0) is 0 Å². The van der Waals surface area contributed by atoms with Crippen LogP contribution in [0, 0.1) is 5.82 Å². The van der Waals surface area contributed by atoms with Gasteiger partial charge in [-0.15, -0.1) is 0 Å². The highest BCUT2D eigenvalue weighted by molar-refractivity contribution is 6.35. The Balaban J connectivity index is 2.28. The number of hydrogen-bond donors (Lipinski definition) is 2. The smallest absolute Gasteiger partial charge is 0.356 e. The molecule has 0 radical (unpaired) electrons. The van der Waals surface area contributed by atoms with Crippen LogP contribution in [0.1, 0.15) is 10.5 Å². The number of halogens is 2. The predicted octanol–water partition coefficient (Wildman–Crippen LogP) is 3.57. The molecule has 1 aromatic carbocycles. The number of nitrogens with zero attached hydrogens (tertiary/aromatic N) is 1. The van der Waals surface area contributed by atoms with Gasteiger partial charge < -0.3 is 15.3 Å². The highest BCUT2D eigenvalue weighted by Crippen LogP contribution is 2.33. The minimum Gasteiger partial charge on any atom is -0.476 e. The molecule has 0 bridgehead atoms. The van der Waals surface area contributed by atoms with Crippen molar-refractivity contribution in [1.29, 1.82) is 0 Å². The molecular formula is C14H8ClFN2O3. The number of aromatic carboxylic acids is 1. The minimum absolute atomic E-state index is 0.187. The number of pyridine rings is 1. The summed E-state index contributed by atoms with van der Waals surface area (Å²) in [6.45, 7) is 0. The third kappa shape index (κ3) is 2.09. The Labute approximate surface area is 122 Å². The number of anilines is 1. The van der Waals surface area contributed by atoms with Crippen LogP contribution >= 0.6 is 11.6 Å². The van der Waals surface area contributed by atoms with Crippen molar-refractivity contribution in [3.8, 4) is 11.3 Å². The number of furan rings is 1. The number of hydrogen-bond acceptors (Lipinski definition) is 4. The number of fused-ring (bicyclic) bond motifs is 1. The van der Waals surface area contributed by atoms with E-state index in [9.17, 15) is 9.18 Å². The molecule has 21 heavy (non-hydrogen) atoms. The third-order valence-corrected chi connectivity index (χ3v) is 3.43. The molecule has 106 valence electrons. The second kappa shape index (κ2) is 4.75. The lowest BCUT2D eigenvalue weighted by atomic mass is 10.1. The van der Waals surface area contributed by atoms with Gasteiger partial charge >= 0.3 is 5.97 Å². The highest BCUT2D eigenvalue weighted by Gasteiger charge is 2.22. The maximum Gasteiger partial charge on any atom is 0.356 e. The summed E-state index contributed by atoms with van der Waals surface area (Å²) in [5, 5.41) is 9.47. The molecule has 0 aliphatic carbocycles. The molecule has 7 heteroatoms. The number of carboxylic acids is 1. The Hall–Kier alpha value is -2.60. The molecule has 0 amide bonds. The van der Waals surface area contributed by atoms with Crippen LogP contribution in [0.3, 0.4) is 0 Å². The SMILES string of the molecule is Nc1c(F)c(-c2ccc3ccoc3c2)nc(C(=O)O)c1Cl. The van der Waals surface area contributed by atoms with Gasteiger partial charge in [0.15, 0.2) is 11.5 Å². The van der Waals surface area contributed by atoms with Crippen LogP contribution in [0.2, 0.25) is 5.02 Å². The summed E-state index contributed by atoms with van der Waals surface area (Å²) in [6.07, 6.45) is 1.50. The zero-order valence-electron chi connectivity index (χ0n) is 10.4.